The summed E-state index contributed by atoms with van der Waals surface area (Å²) in [5.41, 5.74) is 0.299. The Bertz CT molecular complexity index is 367. The van der Waals surface area contributed by atoms with Gasteiger partial charge in [-0.2, -0.15) is 0 Å². The predicted molar refractivity (Wildman–Crippen MR) is 62.0 cm³/mol. The normalized spacial score (nSPS) is 34.2. The predicted octanol–water partition coefficient (Wildman–Crippen LogP) is 1.57. The van der Waals surface area contributed by atoms with Gasteiger partial charge in [-0.1, -0.05) is 30.3 Å². The number of hydrogen-bond donors (Lipinski definition) is 1. The molecule has 0 aromatic heterocycles. The topological polar surface area (TPSA) is 15.3 Å². The van der Waals surface area contributed by atoms with Crippen LogP contribution in [0.4, 0.5) is 4.39 Å². The van der Waals surface area contributed by atoms with Crippen molar-refractivity contribution < 1.29 is 4.39 Å². The van der Waals surface area contributed by atoms with Gasteiger partial charge in [0.25, 0.3) is 0 Å². The van der Waals surface area contributed by atoms with E-state index >= 15 is 0 Å². The maximum Gasteiger partial charge on any atom is 0.141 e. The highest BCUT2D eigenvalue weighted by molar-refractivity contribution is 5.16. The monoisotopic (exact) mass is 220 g/mol. The van der Waals surface area contributed by atoms with Crippen molar-refractivity contribution in [2.75, 3.05) is 19.6 Å². The number of nitrogens with one attached hydrogen (secondary N) is 1. The highest BCUT2D eigenvalue weighted by Crippen LogP contribution is 2.35. The van der Waals surface area contributed by atoms with Crippen molar-refractivity contribution >= 4 is 0 Å². The van der Waals surface area contributed by atoms with E-state index in [1.807, 2.05) is 18.2 Å². The van der Waals surface area contributed by atoms with E-state index < -0.39 is 5.67 Å². The van der Waals surface area contributed by atoms with E-state index in [0.717, 1.165) is 19.6 Å². The van der Waals surface area contributed by atoms with E-state index in [4.69, 9.17) is 0 Å². The summed E-state index contributed by atoms with van der Waals surface area (Å²) in [5.74, 6) is 0. The fourth-order valence-electron chi connectivity index (χ4n) is 2.92. The van der Waals surface area contributed by atoms with Crippen molar-refractivity contribution in [2.24, 2.45) is 0 Å². The average Bonchev–Trinajstić information content (AvgIpc) is 2.80. The number of fused-ring (bicyclic) bond motifs is 1. The van der Waals surface area contributed by atoms with Crippen LogP contribution in [0.2, 0.25) is 0 Å². The summed E-state index contributed by atoms with van der Waals surface area (Å²) < 4.78 is 14.3. The minimum Gasteiger partial charge on any atom is -0.312 e. The molecule has 1 N–H and O–H groups in total. The molecule has 0 aliphatic carbocycles. The third kappa shape index (κ3) is 1.64. The van der Waals surface area contributed by atoms with Gasteiger partial charge in [0, 0.05) is 26.2 Å². The zero-order valence-electron chi connectivity index (χ0n) is 9.32. The molecule has 0 amide bonds. The minimum atomic E-state index is -0.977. The van der Waals surface area contributed by atoms with Crippen LogP contribution in [0.3, 0.4) is 0 Å². The summed E-state index contributed by atoms with van der Waals surface area (Å²) in [5, 5.41) is 3.16. The Morgan fingerprint density at radius 3 is 3.00 bits per heavy atom. The van der Waals surface area contributed by atoms with E-state index in [-0.39, 0.29) is 6.04 Å². The molecule has 2 aliphatic heterocycles. The van der Waals surface area contributed by atoms with Gasteiger partial charge in [0.05, 0.1) is 6.04 Å². The second-order valence-electron chi connectivity index (χ2n) is 4.89. The minimum absolute atomic E-state index is 0.0766. The summed E-state index contributed by atoms with van der Waals surface area (Å²) in [6.45, 7) is 3.09. The molecule has 2 fully saturated rings. The number of rotatable bonds is 2. The van der Waals surface area contributed by atoms with Crippen molar-refractivity contribution in [1.82, 2.24) is 10.2 Å². The van der Waals surface area contributed by atoms with Crippen molar-refractivity contribution in [3.8, 4) is 0 Å². The molecule has 0 bridgehead atoms. The molecule has 2 saturated heterocycles. The Hall–Kier alpha value is -0.930. The number of halogens is 1. The van der Waals surface area contributed by atoms with Crippen molar-refractivity contribution in [3.05, 3.63) is 35.9 Å². The fourth-order valence-corrected chi connectivity index (χ4v) is 2.92. The van der Waals surface area contributed by atoms with Crippen LogP contribution in [0.5, 0.6) is 0 Å². The van der Waals surface area contributed by atoms with E-state index in [1.165, 1.54) is 5.56 Å². The van der Waals surface area contributed by atoms with E-state index in [0.29, 0.717) is 13.0 Å². The Morgan fingerprint density at radius 2 is 2.19 bits per heavy atom. The average molecular weight is 220 g/mol. The van der Waals surface area contributed by atoms with Crippen LogP contribution in [0.15, 0.2) is 30.3 Å². The lowest BCUT2D eigenvalue weighted by atomic mass is 10.0. The largest absolute Gasteiger partial charge is 0.312 e. The molecule has 1 aromatic carbocycles. The first kappa shape index (κ1) is 10.2. The summed E-state index contributed by atoms with van der Waals surface area (Å²) in [6.07, 6.45) is 0.678. The van der Waals surface area contributed by atoms with Crippen LogP contribution < -0.4 is 5.32 Å². The summed E-state index contributed by atoms with van der Waals surface area (Å²) >= 11 is 0. The Kier molecular flexibility index (Phi) is 2.45. The Labute approximate surface area is 95.4 Å². The van der Waals surface area contributed by atoms with Crippen LogP contribution in [0.1, 0.15) is 12.0 Å². The molecule has 1 aromatic rings. The molecule has 2 heterocycles. The molecule has 2 aliphatic rings. The van der Waals surface area contributed by atoms with Crippen LogP contribution >= 0.6 is 0 Å². The second kappa shape index (κ2) is 3.82. The zero-order valence-corrected chi connectivity index (χ0v) is 9.32. The van der Waals surface area contributed by atoms with Gasteiger partial charge in [-0.25, -0.2) is 4.39 Å². The van der Waals surface area contributed by atoms with E-state index in [9.17, 15) is 4.39 Å². The third-order valence-corrected chi connectivity index (χ3v) is 3.84. The number of hydrogen-bond acceptors (Lipinski definition) is 2. The number of alkyl halides is 1. The van der Waals surface area contributed by atoms with E-state index in [2.05, 4.69) is 22.3 Å². The van der Waals surface area contributed by atoms with Gasteiger partial charge in [0.1, 0.15) is 5.67 Å². The first-order valence-electron chi connectivity index (χ1n) is 5.96. The lowest BCUT2D eigenvalue weighted by Gasteiger charge is -2.25. The van der Waals surface area contributed by atoms with Crippen molar-refractivity contribution in [1.29, 1.82) is 0 Å². The maximum atomic E-state index is 14.3. The van der Waals surface area contributed by atoms with Gasteiger partial charge < -0.3 is 5.32 Å². The maximum absolute atomic E-state index is 14.3. The van der Waals surface area contributed by atoms with Crippen LogP contribution in [0.25, 0.3) is 0 Å². The molecule has 3 rings (SSSR count). The van der Waals surface area contributed by atoms with Crippen LogP contribution in [0, 0.1) is 0 Å². The molecule has 0 saturated carbocycles. The molecule has 0 spiro atoms. The van der Waals surface area contributed by atoms with Gasteiger partial charge in [-0.05, 0) is 12.0 Å². The molecule has 3 heteroatoms. The molecular weight excluding hydrogens is 203 g/mol. The third-order valence-electron chi connectivity index (χ3n) is 3.84. The fraction of sp³-hybridized carbons (Fsp3) is 0.538. The first-order valence-corrected chi connectivity index (χ1v) is 5.96. The zero-order chi connectivity index (χ0) is 11.0. The van der Waals surface area contributed by atoms with Crippen molar-refractivity contribution in [3.63, 3.8) is 0 Å². The quantitative estimate of drug-likeness (QED) is 0.814. The second-order valence-corrected chi connectivity index (χ2v) is 4.89. The molecule has 86 valence electrons. The Balaban J connectivity index is 1.73. The molecule has 2 nitrogen and oxygen atoms in total. The highest BCUT2D eigenvalue weighted by atomic mass is 19.1. The lowest BCUT2D eigenvalue weighted by molar-refractivity contribution is 0.137. The molecule has 0 radical (unpaired) electrons. The Morgan fingerprint density at radius 1 is 1.38 bits per heavy atom. The number of nitrogens with zero attached hydrogens (tertiary/aromatic N) is 1. The molecular formula is C13H17FN2. The summed E-state index contributed by atoms with van der Waals surface area (Å²) in [6, 6.07) is 10.4. The van der Waals surface area contributed by atoms with Gasteiger partial charge >= 0.3 is 0 Å². The molecule has 16 heavy (non-hydrogen) atoms. The van der Waals surface area contributed by atoms with Crippen molar-refractivity contribution in [2.45, 2.75) is 24.7 Å². The number of benzene rings is 1. The van der Waals surface area contributed by atoms with Gasteiger partial charge in [-0.15, -0.1) is 0 Å². The summed E-state index contributed by atoms with van der Waals surface area (Å²) in [4.78, 5) is 2.27. The molecule has 2 atom stereocenters. The van der Waals surface area contributed by atoms with E-state index in [1.54, 1.807) is 0 Å². The first-order chi connectivity index (χ1) is 7.78. The lowest BCUT2D eigenvalue weighted by Crippen LogP contribution is -2.40. The highest BCUT2D eigenvalue weighted by Gasteiger charge is 2.50. The molecule has 0 unspecified atom stereocenters. The number of likely N-dealkylation sites (tertiary alicyclic amines) is 1. The van der Waals surface area contributed by atoms with Gasteiger partial charge in [-0.3, -0.25) is 4.90 Å². The summed E-state index contributed by atoms with van der Waals surface area (Å²) in [7, 11) is 0. The van der Waals surface area contributed by atoms with Crippen LogP contribution in [-0.4, -0.2) is 36.2 Å². The SMILES string of the molecule is F[C@@]12CCN(Cc3ccccc3)[C@@H]1CNC2. The standard InChI is InChI=1S/C13H17FN2/c14-13-6-7-16(12(13)8-15-10-13)9-11-4-2-1-3-5-11/h1-5,12,15H,6-10H2/t12-,13-/m1/s1. The van der Waals surface area contributed by atoms with Gasteiger partial charge in [0.15, 0.2) is 0 Å². The van der Waals surface area contributed by atoms with Gasteiger partial charge in [0.2, 0.25) is 0 Å². The smallest absolute Gasteiger partial charge is 0.141 e. The van der Waals surface area contributed by atoms with Crippen LogP contribution in [-0.2, 0) is 6.54 Å².